The van der Waals surface area contributed by atoms with E-state index in [4.69, 9.17) is 38.5 Å². The van der Waals surface area contributed by atoms with Crippen LogP contribution in [0.25, 0.3) is 112 Å². The molecule has 0 aliphatic rings. The summed E-state index contributed by atoms with van der Waals surface area (Å²) in [5.74, 6) is 4.84. The van der Waals surface area contributed by atoms with Crippen LogP contribution in [0.5, 0.6) is 0 Å². The number of pyridine rings is 2. The Morgan fingerprint density at radius 1 is 0.443 bits per heavy atom. The number of aromatic nitrogens is 2. The van der Waals surface area contributed by atoms with Gasteiger partial charge in [-0.3, -0.25) is 19.4 Å². The predicted molar refractivity (Wildman–Crippen MR) is 490 cm³/mol. The minimum Gasteiger partial charge on any atom is -0.512 e. The largest absolute Gasteiger partial charge is 0.512 e. The summed E-state index contributed by atoms with van der Waals surface area (Å²) in [7, 11) is 0. The monoisotopic (exact) mass is 2160 g/mol. The van der Waals surface area contributed by atoms with E-state index in [1.807, 2.05) is 86.2 Å². The van der Waals surface area contributed by atoms with E-state index in [1.165, 1.54) is 102 Å². The smallest absolute Gasteiger partial charge is 0.155 e. The Balaban J connectivity index is 0.000000250. The number of Topliss-reactive ketones (excluding diaryl/α,β-unsaturated/α-hetero) is 1. The van der Waals surface area contributed by atoms with Crippen molar-refractivity contribution in [3.8, 4) is 89.9 Å². The Hall–Kier alpha value is -10.7. The molecule has 3 N–H and O–H groups in total. The van der Waals surface area contributed by atoms with E-state index in [-0.39, 0.29) is 106 Å². The maximum atomic E-state index is 10.1. The van der Waals surface area contributed by atoms with Crippen LogP contribution >= 0.6 is 0 Å². The van der Waals surface area contributed by atoms with Crippen molar-refractivity contribution in [3.05, 3.63) is 336 Å². The van der Waals surface area contributed by atoms with Gasteiger partial charge in [0.2, 0.25) is 0 Å². The topological polar surface area (TPSA) is 189 Å². The number of ketones is 3. The van der Waals surface area contributed by atoms with Crippen molar-refractivity contribution in [2.75, 3.05) is 0 Å². The number of aliphatic hydroxyl groups is 3. The van der Waals surface area contributed by atoms with Crippen LogP contribution < -0.4 is 0 Å². The molecule has 1 atom stereocenters. The van der Waals surface area contributed by atoms with E-state index >= 15 is 0 Å². The molecular formula is C107H112Ir3N3O9-3. The van der Waals surface area contributed by atoms with Gasteiger partial charge < -0.3 is 38.5 Å². The van der Waals surface area contributed by atoms with Gasteiger partial charge in [-0.15, -0.1) is 81.9 Å². The Labute approximate surface area is 762 Å². The summed E-state index contributed by atoms with van der Waals surface area (Å²) >= 11 is 0. The first-order chi connectivity index (χ1) is 56.6. The molecule has 0 saturated carbocycles. The molecule has 122 heavy (non-hydrogen) atoms. The SMILES string of the molecule is CC(=O)C=C(C)O.CC(=O)C=C(C)O.CC(=O)CC(C)O.CC(C)(C)c1cc(-c2cc3cnc(-c4[c-]ccc(-c5ccccc5)c4)cc3o2)cc(C(C)(C)C)c1.CC(C)c1ccc(-c2cc3cnc(-c4[c-]ccc(-c5ccccc5)c4)cc3o2)cc1.Cc1oc(-c2c(C(C)C)cccc2C(C)C)cc1C=NCc1[c-]ccc(-c2ccccc2)c1.[Ir].[Ir].[Ir]. The third-order valence-electron chi connectivity index (χ3n) is 19.4. The van der Waals surface area contributed by atoms with Crippen molar-refractivity contribution in [1.82, 2.24) is 9.97 Å². The van der Waals surface area contributed by atoms with Crippen LogP contribution in [0.4, 0.5) is 0 Å². The third-order valence-corrected chi connectivity index (χ3v) is 19.4. The van der Waals surface area contributed by atoms with Crippen molar-refractivity contribution >= 4 is 45.5 Å². The summed E-state index contributed by atoms with van der Waals surface area (Å²) in [5.41, 5.74) is 24.6. The molecule has 14 rings (SSSR count). The van der Waals surface area contributed by atoms with Crippen molar-refractivity contribution < 1.29 is 103 Å². The fourth-order valence-corrected chi connectivity index (χ4v) is 13.2. The fourth-order valence-electron chi connectivity index (χ4n) is 13.2. The average molecular weight is 2160 g/mol. The maximum absolute atomic E-state index is 10.1. The van der Waals surface area contributed by atoms with Crippen molar-refractivity contribution in [2.24, 2.45) is 4.99 Å². The first-order valence-electron chi connectivity index (χ1n) is 40.5. The number of nitrogens with zero attached hydrogens (tertiary/aromatic N) is 3. The average Bonchev–Trinajstić information content (AvgIpc) is 1.56. The van der Waals surface area contributed by atoms with Crippen molar-refractivity contribution in [2.45, 2.75) is 179 Å². The Morgan fingerprint density at radius 2 is 0.861 bits per heavy atom. The number of carbonyl (C=O) groups excluding carboxylic acids is 3. The number of hydrogen-bond donors (Lipinski definition) is 3. The first-order valence-corrected chi connectivity index (χ1v) is 40.5. The number of carbonyl (C=O) groups is 3. The Morgan fingerprint density at radius 3 is 1.23 bits per heavy atom. The third kappa shape index (κ3) is 29.8. The summed E-state index contributed by atoms with van der Waals surface area (Å²) in [6.45, 7) is 38.3. The number of aliphatic hydroxyl groups excluding tert-OH is 3. The summed E-state index contributed by atoms with van der Waals surface area (Å²) in [5, 5.41) is 27.2. The van der Waals surface area contributed by atoms with Gasteiger partial charge in [0.25, 0.3) is 0 Å². The number of furan rings is 3. The molecule has 0 spiro atoms. The van der Waals surface area contributed by atoms with Crippen molar-refractivity contribution in [3.63, 3.8) is 0 Å². The van der Waals surface area contributed by atoms with Gasteiger partial charge in [-0.1, -0.05) is 223 Å². The van der Waals surface area contributed by atoms with Crippen LogP contribution in [-0.4, -0.2) is 55.0 Å². The summed E-state index contributed by atoms with van der Waals surface area (Å²) in [4.78, 5) is 44.2. The van der Waals surface area contributed by atoms with Crippen LogP contribution in [0.15, 0.2) is 291 Å². The standard InChI is InChI=1S/C33H32NO.C31H32NO.C28H22NO.C5H10O2.2C5H8O2.3Ir/c1-32(2,3)27-16-25(17-28(19-27)33(4,5)6)30-18-26-21-34-29(20-31(26)35-30)24-14-10-13-23(15-24)22-11-8-7-9-12-22;1-21(2)28-15-10-16-29(22(3)4)31(28)30-18-27(23(5)33-30)20-32-19-24-11-9-14-26(17-24)25-12-7-6-8-13-25;1-19(2)20-11-13-22(14-12-20)27-16-25-18-29-26(17-28(25)30-27)24-10-6-9-23(15-24)21-7-4-3-5-8-21;3*1-4(6)3-5(2)7;;;/h7-13,15-21H,1-6H3;6-10,12-18,20-22H,19H2,1-5H3;3-9,11-19H,1-2H3;4,6H,3H2,1-2H3;2*3,6H,1-2H3;;;/q3*-1;;;;;;. The zero-order valence-corrected chi connectivity index (χ0v) is 80.4. The molecule has 0 fully saturated rings. The van der Waals surface area contributed by atoms with Crippen LogP contribution in [-0.2, 0) is 92.1 Å². The minimum atomic E-state index is -0.475. The number of allylic oxidation sites excluding steroid dienone is 4. The molecule has 9 aromatic carbocycles. The number of benzene rings is 9. The number of aryl methyl sites for hydroxylation is 1. The molecule has 5 aromatic heterocycles. The van der Waals surface area contributed by atoms with Gasteiger partial charge in [0.15, 0.2) is 11.6 Å². The van der Waals surface area contributed by atoms with Crippen LogP contribution in [0, 0.1) is 25.1 Å². The van der Waals surface area contributed by atoms with Gasteiger partial charge in [0.05, 0.1) is 17.6 Å². The van der Waals surface area contributed by atoms with Gasteiger partial charge in [0.1, 0.15) is 40.0 Å². The second kappa shape index (κ2) is 47.1. The fraction of sp³-hybridized carbons (Fsp3) is 0.252. The van der Waals surface area contributed by atoms with Crippen LogP contribution in [0.2, 0.25) is 0 Å². The Kier molecular flexibility index (Phi) is 38.6. The molecule has 0 saturated heterocycles. The molecule has 0 bridgehead atoms. The first kappa shape index (κ1) is 100. The number of rotatable bonds is 18. The molecule has 5 heterocycles. The van der Waals surface area contributed by atoms with Gasteiger partial charge in [-0.05, 0) is 175 Å². The summed E-state index contributed by atoms with van der Waals surface area (Å²) in [6, 6.07) is 92.0. The van der Waals surface area contributed by atoms with E-state index < -0.39 is 6.10 Å². The maximum Gasteiger partial charge on any atom is 0.155 e. The number of fused-ring (bicyclic) bond motifs is 2. The number of hydrogen-bond acceptors (Lipinski definition) is 12. The second-order valence-corrected chi connectivity index (χ2v) is 33.0. The summed E-state index contributed by atoms with van der Waals surface area (Å²) < 4.78 is 18.9. The van der Waals surface area contributed by atoms with E-state index in [2.05, 4.69) is 282 Å². The second-order valence-electron chi connectivity index (χ2n) is 33.0. The molecule has 12 nitrogen and oxygen atoms in total. The van der Waals surface area contributed by atoms with E-state index in [9.17, 15) is 14.4 Å². The normalized spacial score (nSPS) is 11.6. The molecule has 0 aliphatic carbocycles. The van der Waals surface area contributed by atoms with Gasteiger partial charge in [-0.2, -0.15) is 24.3 Å². The molecule has 639 valence electrons. The molecule has 14 aromatic rings. The molecule has 0 amide bonds. The minimum absolute atomic E-state index is 0. The molecule has 0 aliphatic heterocycles. The van der Waals surface area contributed by atoms with E-state index in [1.54, 1.807) is 6.92 Å². The zero-order valence-electron chi connectivity index (χ0n) is 73.3. The molecule has 3 radical (unpaired) electrons. The van der Waals surface area contributed by atoms with Gasteiger partial charge in [-0.25, -0.2) is 0 Å². The van der Waals surface area contributed by atoms with Gasteiger partial charge >= 0.3 is 0 Å². The quantitative estimate of drug-likeness (QED) is 0.0321. The molecular weight excluding hydrogens is 2050 g/mol. The van der Waals surface area contributed by atoms with Crippen LogP contribution in [0.1, 0.15) is 194 Å². The van der Waals surface area contributed by atoms with E-state index in [0.29, 0.717) is 24.3 Å². The number of aliphatic imine (C=N–C) groups is 1. The molecule has 1 unspecified atom stereocenters. The van der Waals surface area contributed by atoms with Crippen LogP contribution in [0.3, 0.4) is 0 Å². The van der Waals surface area contributed by atoms with E-state index in [0.717, 1.165) is 101 Å². The van der Waals surface area contributed by atoms with Crippen molar-refractivity contribution in [1.29, 1.82) is 0 Å². The molecule has 15 heteroatoms. The Bertz CT molecular complexity index is 5720. The predicted octanol–water partition coefficient (Wildman–Crippen LogP) is 28.0. The summed E-state index contributed by atoms with van der Waals surface area (Å²) in [6.07, 6.45) is 7.85. The zero-order chi connectivity index (χ0) is 86.3. The van der Waals surface area contributed by atoms with Gasteiger partial charge in [0, 0.05) is 137 Å².